The van der Waals surface area contributed by atoms with Gasteiger partial charge in [-0.15, -0.1) is 0 Å². The van der Waals surface area contributed by atoms with Crippen LogP contribution in [0.1, 0.15) is 21.5 Å². The van der Waals surface area contributed by atoms with Crippen molar-refractivity contribution in [1.82, 2.24) is 5.32 Å². The Hall–Kier alpha value is -3.55. The molecule has 0 aliphatic carbocycles. The van der Waals surface area contributed by atoms with Crippen LogP contribution in [0.4, 0.5) is 5.69 Å². The standard InChI is InChI=1S/C21H24N2O6/c1-13-5-7-16(9-14(13)2)23-19(24)12-29-20(25)11-22-21(26)15-6-8-17(27-3)18(10-15)28-4/h5-10H,11-12H2,1-4H3,(H,22,26)(H,23,24). The maximum atomic E-state index is 12.2. The fraction of sp³-hybridized carbons (Fsp3) is 0.286. The van der Waals surface area contributed by atoms with E-state index >= 15 is 0 Å². The number of carbonyl (C=O) groups is 3. The molecule has 0 fully saturated rings. The predicted molar refractivity (Wildman–Crippen MR) is 107 cm³/mol. The van der Waals surface area contributed by atoms with E-state index in [0.717, 1.165) is 11.1 Å². The Balaban J connectivity index is 1.79. The number of ether oxygens (including phenoxy) is 3. The number of amides is 2. The van der Waals surface area contributed by atoms with Crippen molar-refractivity contribution < 1.29 is 28.6 Å². The van der Waals surface area contributed by atoms with E-state index in [1.807, 2.05) is 26.0 Å². The van der Waals surface area contributed by atoms with Gasteiger partial charge in [0.15, 0.2) is 18.1 Å². The van der Waals surface area contributed by atoms with Crippen molar-refractivity contribution in [1.29, 1.82) is 0 Å². The molecule has 0 aliphatic rings. The number of esters is 1. The topological polar surface area (TPSA) is 103 Å². The minimum absolute atomic E-state index is 0.294. The molecule has 2 rings (SSSR count). The third-order valence-electron chi connectivity index (χ3n) is 4.19. The highest BCUT2D eigenvalue weighted by molar-refractivity contribution is 5.97. The third-order valence-corrected chi connectivity index (χ3v) is 4.19. The van der Waals surface area contributed by atoms with Gasteiger partial charge >= 0.3 is 5.97 Å². The first kappa shape index (κ1) is 21.7. The number of hydrogen-bond donors (Lipinski definition) is 2. The van der Waals surface area contributed by atoms with Crippen LogP contribution in [0.2, 0.25) is 0 Å². The monoisotopic (exact) mass is 400 g/mol. The molecular formula is C21H24N2O6. The summed E-state index contributed by atoms with van der Waals surface area (Å²) < 4.78 is 15.1. The minimum Gasteiger partial charge on any atom is -0.493 e. The van der Waals surface area contributed by atoms with Crippen LogP contribution in [0.3, 0.4) is 0 Å². The second-order valence-corrected chi connectivity index (χ2v) is 6.26. The summed E-state index contributed by atoms with van der Waals surface area (Å²) in [4.78, 5) is 35.9. The van der Waals surface area contributed by atoms with Crippen LogP contribution in [0.25, 0.3) is 0 Å². The summed E-state index contributed by atoms with van der Waals surface area (Å²) >= 11 is 0. The van der Waals surface area contributed by atoms with Gasteiger partial charge in [-0.3, -0.25) is 14.4 Å². The Labute approximate surface area is 169 Å². The van der Waals surface area contributed by atoms with Crippen LogP contribution >= 0.6 is 0 Å². The third kappa shape index (κ3) is 6.24. The molecular weight excluding hydrogens is 376 g/mol. The normalized spacial score (nSPS) is 10.1. The van der Waals surface area contributed by atoms with Crippen LogP contribution in [-0.4, -0.2) is 45.2 Å². The van der Waals surface area contributed by atoms with Gasteiger partial charge in [0.1, 0.15) is 6.54 Å². The van der Waals surface area contributed by atoms with Crippen molar-refractivity contribution in [3.63, 3.8) is 0 Å². The Morgan fingerprint density at radius 1 is 0.897 bits per heavy atom. The minimum atomic E-state index is -0.728. The van der Waals surface area contributed by atoms with Crippen molar-refractivity contribution in [2.45, 2.75) is 13.8 Å². The van der Waals surface area contributed by atoms with Crippen molar-refractivity contribution in [2.24, 2.45) is 0 Å². The fourth-order valence-corrected chi connectivity index (χ4v) is 2.45. The molecule has 0 saturated heterocycles. The van der Waals surface area contributed by atoms with Gasteiger partial charge in [0, 0.05) is 11.3 Å². The molecule has 0 aromatic heterocycles. The summed E-state index contributed by atoms with van der Waals surface area (Å²) in [5, 5.41) is 5.08. The van der Waals surface area contributed by atoms with Gasteiger partial charge in [0.05, 0.1) is 14.2 Å². The molecule has 29 heavy (non-hydrogen) atoms. The fourth-order valence-electron chi connectivity index (χ4n) is 2.45. The molecule has 154 valence electrons. The van der Waals surface area contributed by atoms with Crippen LogP contribution in [-0.2, 0) is 14.3 Å². The van der Waals surface area contributed by atoms with Crippen LogP contribution in [0.5, 0.6) is 11.5 Å². The van der Waals surface area contributed by atoms with Crippen LogP contribution in [0, 0.1) is 13.8 Å². The van der Waals surface area contributed by atoms with E-state index in [9.17, 15) is 14.4 Å². The molecule has 2 amide bonds. The molecule has 0 heterocycles. The van der Waals surface area contributed by atoms with E-state index in [0.29, 0.717) is 22.7 Å². The number of nitrogens with one attached hydrogen (secondary N) is 2. The molecule has 0 spiro atoms. The lowest BCUT2D eigenvalue weighted by Gasteiger charge is -2.10. The largest absolute Gasteiger partial charge is 0.493 e. The number of rotatable bonds is 8. The van der Waals surface area contributed by atoms with Gasteiger partial charge in [-0.05, 0) is 55.3 Å². The molecule has 0 saturated carbocycles. The highest BCUT2D eigenvalue weighted by Crippen LogP contribution is 2.27. The number of carbonyl (C=O) groups excluding carboxylic acids is 3. The lowest BCUT2D eigenvalue weighted by atomic mass is 10.1. The molecule has 0 unspecified atom stereocenters. The SMILES string of the molecule is COc1ccc(C(=O)NCC(=O)OCC(=O)Nc2ccc(C)c(C)c2)cc1OC. The van der Waals surface area contributed by atoms with Gasteiger partial charge in [-0.2, -0.15) is 0 Å². The zero-order valence-electron chi connectivity index (χ0n) is 16.8. The highest BCUT2D eigenvalue weighted by Gasteiger charge is 2.13. The van der Waals surface area contributed by atoms with Crippen LogP contribution < -0.4 is 20.1 Å². The van der Waals surface area contributed by atoms with Gasteiger partial charge < -0.3 is 24.8 Å². The maximum absolute atomic E-state index is 12.2. The average Bonchev–Trinajstić information content (AvgIpc) is 2.72. The molecule has 8 heteroatoms. The average molecular weight is 400 g/mol. The predicted octanol–water partition coefficient (Wildman–Crippen LogP) is 2.23. The first-order valence-corrected chi connectivity index (χ1v) is 8.87. The van der Waals surface area contributed by atoms with Crippen molar-refractivity contribution in [2.75, 3.05) is 32.7 Å². The summed E-state index contributed by atoms with van der Waals surface area (Å²) in [6.45, 7) is 3.09. The van der Waals surface area contributed by atoms with E-state index in [-0.39, 0.29) is 6.54 Å². The number of aryl methyl sites for hydroxylation is 2. The van der Waals surface area contributed by atoms with E-state index in [1.54, 1.807) is 18.2 Å². The Morgan fingerprint density at radius 3 is 2.28 bits per heavy atom. The second kappa shape index (κ2) is 10.1. The molecule has 2 aromatic rings. The molecule has 0 bridgehead atoms. The highest BCUT2D eigenvalue weighted by atomic mass is 16.5. The number of methoxy groups -OCH3 is 2. The molecule has 0 aliphatic heterocycles. The Kier molecular flexibility index (Phi) is 7.59. The maximum Gasteiger partial charge on any atom is 0.325 e. The van der Waals surface area contributed by atoms with E-state index in [4.69, 9.17) is 14.2 Å². The van der Waals surface area contributed by atoms with Crippen molar-refractivity contribution >= 4 is 23.5 Å². The molecule has 2 N–H and O–H groups in total. The summed E-state index contributed by atoms with van der Waals surface area (Å²) in [7, 11) is 2.95. The first-order chi connectivity index (χ1) is 13.8. The summed E-state index contributed by atoms with van der Waals surface area (Å²) in [5.74, 6) is -0.798. The summed E-state index contributed by atoms with van der Waals surface area (Å²) in [6, 6.07) is 10.1. The van der Waals surface area contributed by atoms with Crippen LogP contribution in [0.15, 0.2) is 36.4 Å². The van der Waals surface area contributed by atoms with Gasteiger partial charge in [-0.1, -0.05) is 6.07 Å². The number of hydrogen-bond acceptors (Lipinski definition) is 6. The number of benzene rings is 2. The molecule has 0 atom stereocenters. The van der Waals surface area contributed by atoms with E-state index < -0.39 is 24.4 Å². The Morgan fingerprint density at radius 2 is 1.62 bits per heavy atom. The molecule has 0 radical (unpaired) electrons. The lowest BCUT2D eigenvalue weighted by molar-refractivity contribution is -0.146. The van der Waals surface area contributed by atoms with Gasteiger partial charge in [0.2, 0.25) is 0 Å². The van der Waals surface area contributed by atoms with Gasteiger partial charge in [0.25, 0.3) is 11.8 Å². The van der Waals surface area contributed by atoms with E-state index in [1.165, 1.54) is 20.3 Å². The quantitative estimate of drug-likeness (QED) is 0.659. The van der Waals surface area contributed by atoms with Crippen molar-refractivity contribution in [3.05, 3.63) is 53.1 Å². The summed E-state index contributed by atoms with van der Waals surface area (Å²) in [6.07, 6.45) is 0. The lowest BCUT2D eigenvalue weighted by Crippen LogP contribution is -2.32. The van der Waals surface area contributed by atoms with E-state index in [2.05, 4.69) is 10.6 Å². The van der Waals surface area contributed by atoms with Crippen molar-refractivity contribution in [3.8, 4) is 11.5 Å². The van der Waals surface area contributed by atoms with Gasteiger partial charge in [-0.25, -0.2) is 0 Å². The zero-order valence-corrected chi connectivity index (χ0v) is 16.8. The number of anilines is 1. The first-order valence-electron chi connectivity index (χ1n) is 8.87. The smallest absolute Gasteiger partial charge is 0.325 e. The zero-order chi connectivity index (χ0) is 21.4. The Bertz CT molecular complexity index is 910. The summed E-state index contributed by atoms with van der Waals surface area (Å²) in [5.41, 5.74) is 3.07. The second-order valence-electron chi connectivity index (χ2n) is 6.26. The molecule has 8 nitrogen and oxygen atoms in total. The molecule has 2 aromatic carbocycles.